The molecule has 0 atom stereocenters. The summed E-state index contributed by atoms with van der Waals surface area (Å²) < 4.78 is 5.00. The van der Waals surface area contributed by atoms with Gasteiger partial charge in [0.05, 0.1) is 26.0 Å². The predicted molar refractivity (Wildman–Crippen MR) is 35.5 cm³/mol. The van der Waals surface area contributed by atoms with Crippen molar-refractivity contribution >= 4 is 0 Å². The summed E-state index contributed by atoms with van der Waals surface area (Å²) in [6.07, 6.45) is -0.169. The van der Waals surface area contributed by atoms with Gasteiger partial charge in [-0.2, -0.15) is 0 Å². The molecular formula is C6H13NO3. The smallest absolute Gasteiger partial charge is 0.0993 e. The molecule has 0 aromatic rings. The van der Waals surface area contributed by atoms with Crippen LogP contribution in [0.5, 0.6) is 0 Å². The van der Waals surface area contributed by atoms with Crippen LogP contribution < -0.4 is 0 Å². The fraction of sp³-hybridized carbons (Fsp3) is 1.00. The first-order valence-corrected chi connectivity index (χ1v) is 3.42. The molecule has 0 unspecified atom stereocenters. The Labute approximate surface area is 60.0 Å². The lowest BCUT2D eigenvalue weighted by atomic mass is 10.2. The van der Waals surface area contributed by atoms with Crippen LogP contribution in [0.3, 0.4) is 0 Å². The minimum absolute atomic E-state index is 0.0659. The van der Waals surface area contributed by atoms with Crippen molar-refractivity contribution in [1.82, 2.24) is 4.90 Å². The molecule has 1 saturated heterocycles. The van der Waals surface area contributed by atoms with Crippen molar-refractivity contribution in [3.8, 4) is 0 Å². The molecule has 0 aromatic carbocycles. The topological polar surface area (TPSA) is 52.9 Å². The molecule has 4 nitrogen and oxygen atoms in total. The Morgan fingerprint density at radius 2 is 2.20 bits per heavy atom. The second kappa shape index (κ2) is 3.88. The van der Waals surface area contributed by atoms with E-state index >= 15 is 0 Å². The molecular weight excluding hydrogens is 134 g/mol. The second-order valence-corrected chi connectivity index (χ2v) is 2.45. The zero-order valence-corrected chi connectivity index (χ0v) is 5.86. The molecule has 1 heterocycles. The average Bonchev–Trinajstić information content (AvgIpc) is 1.85. The number of nitrogens with zero attached hydrogens (tertiary/aromatic N) is 1. The maximum Gasteiger partial charge on any atom is 0.0993 e. The normalized spacial score (nSPS) is 21.0. The Balaban J connectivity index is 1.86. The molecule has 60 valence electrons. The van der Waals surface area contributed by atoms with Gasteiger partial charge in [-0.15, -0.1) is 0 Å². The summed E-state index contributed by atoms with van der Waals surface area (Å²) in [5, 5.41) is 17.2. The van der Waals surface area contributed by atoms with Gasteiger partial charge >= 0.3 is 0 Å². The third-order valence-corrected chi connectivity index (χ3v) is 1.45. The molecule has 1 aliphatic rings. The molecule has 1 aliphatic heterocycles. The molecule has 0 saturated carbocycles. The second-order valence-electron chi connectivity index (χ2n) is 2.45. The minimum atomic E-state index is -0.169. The van der Waals surface area contributed by atoms with Gasteiger partial charge in [-0.05, 0) is 0 Å². The molecule has 0 bridgehead atoms. The largest absolute Gasteiger partial charge is 0.394 e. The Kier molecular flexibility index (Phi) is 3.08. The van der Waals surface area contributed by atoms with Crippen LogP contribution >= 0.6 is 0 Å². The van der Waals surface area contributed by atoms with Crippen LogP contribution in [0.1, 0.15) is 0 Å². The highest BCUT2D eigenvalue weighted by molar-refractivity contribution is 4.75. The van der Waals surface area contributed by atoms with Gasteiger partial charge in [-0.3, -0.25) is 4.90 Å². The third-order valence-electron chi connectivity index (χ3n) is 1.45. The van der Waals surface area contributed by atoms with Crippen LogP contribution in [0.4, 0.5) is 0 Å². The van der Waals surface area contributed by atoms with Crippen molar-refractivity contribution in [3.63, 3.8) is 0 Å². The fourth-order valence-electron chi connectivity index (χ4n) is 0.906. The van der Waals surface area contributed by atoms with Crippen LogP contribution in [0, 0.1) is 0 Å². The predicted octanol–water partition coefficient (Wildman–Crippen LogP) is -1.37. The van der Waals surface area contributed by atoms with Gasteiger partial charge in [-0.25, -0.2) is 0 Å². The summed E-state index contributed by atoms with van der Waals surface area (Å²) in [6, 6.07) is 0. The van der Waals surface area contributed by atoms with E-state index in [0.717, 1.165) is 0 Å². The first-order valence-electron chi connectivity index (χ1n) is 3.42. The van der Waals surface area contributed by atoms with Gasteiger partial charge in [0.2, 0.25) is 0 Å². The molecule has 0 spiro atoms. The van der Waals surface area contributed by atoms with E-state index in [9.17, 15) is 0 Å². The molecule has 0 aromatic heterocycles. The van der Waals surface area contributed by atoms with Crippen molar-refractivity contribution in [3.05, 3.63) is 0 Å². The van der Waals surface area contributed by atoms with Crippen molar-refractivity contribution in [2.75, 3.05) is 33.0 Å². The molecule has 10 heavy (non-hydrogen) atoms. The Bertz CT molecular complexity index is 93.0. The third kappa shape index (κ3) is 2.22. The van der Waals surface area contributed by atoms with Gasteiger partial charge in [0.1, 0.15) is 0 Å². The zero-order chi connectivity index (χ0) is 7.40. The standard InChI is InChI=1S/C6H13NO3/c8-1-2-10-5-7-3-6(9)4-7/h6,8-9H,1-5H2. The molecule has 2 N–H and O–H groups in total. The van der Waals surface area contributed by atoms with Crippen LogP contribution in [-0.2, 0) is 4.74 Å². The first kappa shape index (κ1) is 7.94. The van der Waals surface area contributed by atoms with Crippen LogP contribution in [0.25, 0.3) is 0 Å². The van der Waals surface area contributed by atoms with E-state index in [1.807, 2.05) is 4.90 Å². The number of aliphatic hydroxyl groups excluding tert-OH is 2. The summed E-state index contributed by atoms with van der Waals surface area (Å²) in [5.74, 6) is 0. The van der Waals surface area contributed by atoms with E-state index in [0.29, 0.717) is 26.4 Å². The van der Waals surface area contributed by atoms with Gasteiger partial charge in [0.25, 0.3) is 0 Å². The van der Waals surface area contributed by atoms with Crippen LogP contribution in [-0.4, -0.2) is 54.3 Å². The number of likely N-dealkylation sites (tertiary alicyclic amines) is 1. The molecule has 0 amide bonds. The monoisotopic (exact) mass is 147 g/mol. The fourth-order valence-corrected chi connectivity index (χ4v) is 0.906. The average molecular weight is 147 g/mol. The summed E-state index contributed by atoms with van der Waals surface area (Å²) in [7, 11) is 0. The van der Waals surface area contributed by atoms with Crippen LogP contribution in [0.2, 0.25) is 0 Å². The van der Waals surface area contributed by atoms with E-state index in [1.54, 1.807) is 0 Å². The zero-order valence-electron chi connectivity index (χ0n) is 5.86. The lowest BCUT2D eigenvalue weighted by Gasteiger charge is -2.35. The highest BCUT2D eigenvalue weighted by atomic mass is 16.5. The van der Waals surface area contributed by atoms with Gasteiger partial charge in [0.15, 0.2) is 0 Å². The summed E-state index contributed by atoms with van der Waals surface area (Å²) in [4.78, 5) is 1.97. The molecule has 4 heteroatoms. The summed E-state index contributed by atoms with van der Waals surface area (Å²) in [6.45, 7) is 2.37. The number of ether oxygens (including phenoxy) is 1. The number of aliphatic hydroxyl groups is 2. The minimum Gasteiger partial charge on any atom is -0.394 e. The van der Waals surface area contributed by atoms with Crippen molar-refractivity contribution in [2.45, 2.75) is 6.10 Å². The highest BCUT2D eigenvalue weighted by Gasteiger charge is 2.23. The van der Waals surface area contributed by atoms with E-state index in [-0.39, 0.29) is 12.7 Å². The number of β-amino-alcohol motifs (C(OH)–C–C–N with tert-alkyl or cyclic N) is 1. The quantitative estimate of drug-likeness (QED) is 0.482. The summed E-state index contributed by atoms with van der Waals surface area (Å²) >= 11 is 0. The number of hydrogen-bond donors (Lipinski definition) is 2. The summed E-state index contributed by atoms with van der Waals surface area (Å²) in [5.41, 5.74) is 0. The van der Waals surface area contributed by atoms with E-state index in [4.69, 9.17) is 14.9 Å². The van der Waals surface area contributed by atoms with Gasteiger partial charge < -0.3 is 14.9 Å². The Morgan fingerprint density at radius 1 is 1.50 bits per heavy atom. The molecule has 1 rings (SSSR count). The van der Waals surface area contributed by atoms with Crippen molar-refractivity contribution in [2.24, 2.45) is 0 Å². The lowest BCUT2D eigenvalue weighted by Crippen LogP contribution is -2.51. The molecule has 0 radical (unpaired) electrons. The Hall–Kier alpha value is -0.160. The van der Waals surface area contributed by atoms with Crippen LogP contribution in [0.15, 0.2) is 0 Å². The molecule has 1 fully saturated rings. The van der Waals surface area contributed by atoms with E-state index < -0.39 is 0 Å². The molecule has 0 aliphatic carbocycles. The highest BCUT2D eigenvalue weighted by Crippen LogP contribution is 2.05. The SMILES string of the molecule is OCCOCN1CC(O)C1. The Morgan fingerprint density at radius 3 is 2.70 bits per heavy atom. The van der Waals surface area contributed by atoms with Crippen molar-refractivity contribution in [1.29, 1.82) is 0 Å². The van der Waals surface area contributed by atoms with E-state index in [2.05, 4.69) is 0 Å². The van der Waals surface area contributed by atoms with E-state index in [1.165, 1.54) is 0 Å². The first-order chi connectivity index (χ1) is 4.83. The van der Waals surface area contributed by atoms with Crippen molar-refractivity contribution < 1.29 is 14.9 Å². The van der Waals surface area contributed by atoms with Gasteiger partial charge in [0, 0.05) is 13.1 Å². The maximum atomic E-state index is 8.83. The maximum absolute atomic E-state index is 8.83. The van der Waals surface area contributed by atoms with Gasteiger partial charge in [-0.1, -0.05) is 0 Å². The number of rotatable bonds is 4. The number of hydrogen-bond acceptors (Lipinski definition) is 4. The lowest BCUT2D eigenvalue weighted by molar-refractivity contribution is -0.0740.